The van der Waals surface area contributed by atoms with E-state index in [1.165, 1.54) is 24.3 Å². The molecule has 1 aromatic carbocycles. The predicted octanol–water partition coefficient (Wildman–Crippen LogP) is 3.37. The topological polar surface area (TPSA) is 71.4 Å². The van der Waals surface area contributed by atoms with E-state index in [9.17, 15) is 13.2 Å². The highest BCUT2D eigenvalue weighted by atomic mass is 32.2. The van der Waals surface area contributed by atoms with Crippen LogP contribution in [0.4, 0.5) is 0 Å². The van der Waals surface area contributed by atoms with Crippen LogP contribution < -0.4 is 0 Å². The van der Waals surface area contributed by atoms with Gasteiger partial charge in [0.2, 0.25) is 0 Å². The lowest BCUT2D eigenvalue weighted by atomic mass is 10.0. The minimum atomic E-state index is -3.42. The van der Waals surface area contributed by atoms with Gasteiger partial charge in [-0.15, -0.1) is 0 Å². The van der Waals surface area contributed by atoms with E-state index in [1.54, 1.807) is 0 Å². The van der Waals surface area contributed by atoms with Crippen LogP contribution in [0.15, 0.2) is 29.2 Å². The fourth-order valence-corrected chi connectivity index (χ4v) is 3.94. The van der Waals surface area contributed by atoms with Crippen LogP contribution in [-0.2, 0) is 9.84 Å². The Bertz CT molecular complexity index is 549. The quantitative estimate of drug-likeness (QED) is 0.798. The van der Waals surface area contributed by atoms with Gasteiger partial charge in [0.15, 0.2) is 9.84 Å². The van der Waals surface area contributed by atoms with Crippen molar-refractivity contribution in [3.63, 3.8) is 0 Å². The smallest absolute Gasteiger partial charge is 0.335 e. The summed E-state index contributed by atoms with van der Waals surface area (Å²) in [5.74, 6) is -0.888. The average molecular weight is 298 g/mol. The van der Waals surface area contributed by atoms with E-state index in [0.29, 0.717) is 0 Å². The number of unbranched alkanes of at least 4 members (excludes halogenated alkanes) is 1. The van der Waals surface area contributed by atoms with Crippen LogP contribution in [0.1, 0.15) is 49.9 Å². The zero-order chi connectivity index (χ0) is 15.2. The van der Waals surface area contributed by atoms with Crippen LogP contribution >= 0.6 is 0 Å². The summed E-state index contributed by atoms with van der Waals surface area (Å²) in [6, 6.07) is 5.58. The van der Waals surface area contributed by atoms with Crippen molar-refractivity contribution >= 4 is 15.8 Å². The first-order chi connectivity index (χ1) is 9.40. The molecule has 0 heterocycles. The fourth-order valence-electron chi connectivity index (χ4n) is 2.13. The Hall–Kier alpha value is -1.36. The maximum atomic E-state index is 12.3. The normalized spacial score (nSPS) is 13.1. The molecule has 0 radical (unpaired) electrons. The Labute approximate surface area is 120 Å². The van der Waals surface area contributed by atoms with Crippen LogP contribution in [0.2, 0.25) is 0 Å². The summed E-state index contributed by atoms with van der Waals surface area (Å²) in [5.41, 5.74) is 0.00711. The molecule has 1 atom stereocenters. The summed E-state index contributed by atoms with van der Waals surface area (Å²) in [6.07, 6.45) is 3.77. The molecule has 0 aliphatic carbocycles. The average Bonchev–Trinajstić information content (AvgIpc) is 2.43. The summed E-state index contributed by atoms with van der Waals surface area (Å²) in [4.78, 5) is 11.0. The van der Waals surface area contributed by atoms with Crippen LogP contribution in [0, 0.1) is 5.92 Å². The zero-order valence-corrected chi connectivity index (χ0v) is 12.8. The van der Waals surface area contributed by atoms with E-state index in [4.69, 9.17) is 5.11 Å². The van der Waals surface area contributed by atoms with E-state index in [1.807, 2.05) is 6.92 Å². The summed E-state index contributed by atoms with van der Waals surface area (Å²) in [6.45, 7) is 4.07. The largest absolute Gasteiger partial charge is 0.478 e. The lowest BCUT2D eigenvalue weighted by Gasteiger charge is -2.14. The predicted molar refractivity (Wildman–Crippen MR) is 78.8 cm³/mol. The summed E-state index contributed by atoms with van der Waals surface area (Å²) >= 11 is 0. The lowest BCUT2D eigenvalue weighted by molar-refractivity contribution is 0.0696. The van der Waals surface area contributed by atoms with E-state index in [2.05, 4.69) is 6.92 Å². The first-order valence-corrected chi connectivity index (χ1v) is 8.62. The van der Waals surface area contributed by atoms with Crippen molar-refractivity contribution in [2.45, 2.75) is 44.4 Å². The second kappa shape index (κ2) is 7.43. The maximum Gasteiger partial charge on any atom is 0.335 e. The molecular formula is C15H22O4S. The van der Waals surface area contributed by atoms with E-state index < -0.39 is 15.8 Å². The molecule has 1 N–H and O–H groups in total. The molecule has 1 unspecified atom stereocenters. The number of hydrogen-bond donors (Lipinski definition) is 1. The molecule has 0 bridgehead atoms. The Morgan fingerprint density at radius 3 is 2.55 bits per heavy atom. The molecule has 0 fully saturated rings. The molecule has 0 saturated carbocycles. The molecule has 1 rings (SSSR count). The molecule has 1 aromatic rings. The van der Waals surface area contributed by atoms with Crippen molar-refractivity contribution in [2.75, 3.05) is 5.75 Å². The van der Waals surface area contributed by atoms with Crippen molar-refractivity contribution in [3.05, 3.63) is 29.8 Å². The second-order valence-corrected chi connectivity index (χ2v) is 7.07. The fraction of sp³-hybridized carbons (Fsp3) is 0.533. The number of aromatic carboxylic acids is 1. The van der Waals surface area contributed by atoms with Gasteiger partial charge in [-0.1, -0.05) is 39.2 Å². The van der Waals surface area contributed by atoms with Gasteiger partial charge in [-0.3, -0.25) is 0 Å². The van der Waals surface area contributed by atoms with Gasteiger partial charge < -0.3 is 5.11 Å². The molecule has 0 spiro atoms. The highest BCUT2D eigenvalue weighted by molar-refractivity contribution is 7.91. The third kappa shape index (κ3) is 4.63. The van der Waals surface area contributed by atoms with Gasteiger partial charge in [-0.25, -0.2) is 13.2 Å². The van der Waals surface area contributed by atoms with Crippen molar-refractivity contribution in [2.24, 2.45) is 5.92 Å². The number of benzene rings is 1. The molecule has 5 heteroatoms. The first kappa shape index (κ1) is 16.7. The molecule has 0 aromatic heterocycles. The SMILES string of the molecule is CCCCC(CC)CS(=O)(=O)c1cccc(C(=O)O)c1. The van der Waals surface area contributed by atoms with E-state index in [-0.39, 0.29) is 22.1 Å². The number of carboxylic acid groups (broad SMARTS) is 1. The van der Waals surface area contributed by atoms with Gasteiger partial charge in [-0.05, 0) is 30.5 Å². The van der Waals surface area contributed by atoms with Gasteiger partial charge in [0.25, 0.3) is 0 Å². The monoisotopic (exact) mass is 298 g/mol. The van der Waals surface area contributed by atoms with Crippen molar-refractivity contribution in [1.29, 1.82) is 0 Å². The van der Waals surface area contributed by atoms with Crippen molar-refractivity contribution in [3.8, 4) is 0 Å². The molecule has 20 heavy (non-hydrogen) atoms. The van der Waals surface area contributed by atoms with Crippen LogP contribution in [-0.4, -0.2) is 25.2 Å². The standard InChI is InChI=1S/C15H22O4S/c1-3-5-7-12(4-2)11-20(18,19)14-9-6-8-13(10-14)15(16)17/h6,8-10,12H,3-5,7,11H2,1-2H3,(H,16,17). The first-order valence-electron chi connectivity index (χ1n) is 6.96. The molecule has 0 aliphatic heterocycles. The van der Waals surface area contributed by atoms with Gasteiger partial charge in [0.1, 0.15) is 0 Å². The van der Waals surface area contributed by atoms with Crippen LogP contribution in [0.25, 0.3) is 0 Å². The molecule has 0 saturated heterocycles. The highest BCUT2D eigenvalue weighted by Gasteiger charge is 2.21. The molecule has 4 nitrogen and oxygen atoms in total. The van der Waals surface area contributed by atoms with Gasteiger partial charge in [0.05, 0.1) is 16.2 Å². The Balaban J connectivity index is 2.92. The minimum Gasteiger partial charge on any atom is -0.478 e. The van der Waals surface area contributed by atoms with Crippen LogP contribution in [0.5, 0.6) is 0 Å². The third-order valence-electron chi connectivity index (χ3n) is 3.44. The van der Waals surface area contributed by atoms with Gasteiger partial charge >= 0.3 is 5.97 Å². The zero-order valence-electron chi connectivity index (χ0n) is 12.0. The number of sulfone groups is 1. The number of rotatable bonds is 8. The van der Waals surface area contributed by atoms with E-state index in [0.717, 1.165) is 25.7 Å². The Morgan fingerprint density at radius 2 is 2.00 bits per heavy atom. The molecule has 0 aliphatic rings. The highest BCUT2D eigenvalue weighted by Crippen LogP contribution is 2.21. The lowest BCUT2D eigenvalue weighted by Crippen LogP contribution is -2.16. The van der Waals surface area contributed by atoms with E-state index >= 15 is 0 Å². The summed E-state index contributed by atoms with van der Waals surface area (Å²) in [5, 5.41) is 8.92. The van der Waals surface area contributed by atoms with Gasteiger partial charge in [-0.2, -0.15) is 0 Å². The molecule has 112 valence electrons. The number of hydrogen-bond acceptors (Lipinski definition) is 3. The Kier molecular flexibility index (Phi) is 6.20. The molecule has 0 amide bonds. The third-order valence-corrected chi connectivity index (χ3v) is 5.32. The van der Waals surface area contributed by atoms with Crippen LogP contribution in [0.3, 0.4) is 0 Å². The second-order valence-electron chi connectivity index (χ2n) is 5.03. The molecular weight excluding hydrogens is 276 g/mol. The number of carbonyl (C=O) groups is 1. The Morgan fingerprint density at radius 1 is 1.30 bits per heavy atom. The maximum absolute atomic E-state index is 12.3. The minimum absolute atomic E-state index is 0.00711. The van der Waals surface area contributed by atoms with Crippen molar-refractivity contribution in [1.82, 2.24) is 0 Å². The van der Waals surface area contributed by atoms with Crippen molar-refractivity contribution < 1.29 is 18.3 Å². The summed E-state index contributed by atoms with van der Waals surface area (Å²) < 4.78 is 24.7. The number of carboxylic acids is 1. The summed E-state index contributed by atoms with van der Waals surface area (Å²) in [7, 11) is -3.42. The van der Waals surface area contributed by atoms with Gasteiger partial charge in [0, 0.05) is 0 Å².